The fourth-order valence-corrected chi connectivity index (χ4v) is 2.51. The van der Waals surface area contributed by atoms with Gasteiger partial charge in [-0.25, -0.2) is 0 Å². The van der Waals surface area contributed by atoms with Gasteiger partial charge in [0.2, 0.25) is 11.8 Å². The van der Waals surface area contributed by atoms with Crippen LogP contribution in [0.25, 0.3) is 0 Å². The van der Waals surface area contributed by atoms with E-state index in [0.717, 1.165) is 19.3 Å². The van der Waals surface area contributed by atoms with E-state index in [1.54, 1.807) is 18.2 Å². The van der Waals surface area contributed by atoms with Crippen LogP contribution in [0.3, 0.4) is 0 Å². The molecule has 0 radical (unpaired) electrons. The average Bonchev–Trinajstić information content (AvgIpc) is 3.40. The van der Waals surface area contributed by atoms with Gasteiger partial charge in [0.1, 0.15) is 12.3 Å². The fraction of sp³-hybridized carbons (Fsp3) is 0.471. The molecule has 0 atom stereocenters. The molecule has 7 heteroatoms. The standard InChI is InChI=1S/C17H21N3O4/c1-2-7-18-15(21)9-20-13-8-12(19-17(23)11-3-4-11)5-6-14(13)24-10-16(20)22/h5-6,8,11H,2-4,7,9-10H2,1H3,(H,18,21)(H,19,23). The van der Waals surface area contributed by atoms with Gasteiger partial charge in [-0.05, 0) is 37.5 Å². The molecule has 3 rings (SSSR count). The lowest BCUT2D eigenvalue weighted by molar-refractivity contribution is -0.125. The molecule has 128 valence electrons. The van der Waals surface area contributed by atoms with Crippen LogP contribution in [-0.4, -0.2) is 37.4 Å². The molecule has 0 saturated heterocycles. The number of nitrogens with one attached hydrogen (secondary N) is 2. The highest BCUT2D eigenvalue weighted by Crippen LogP contribution is 2.35. The minimum atomic E-state index is -0.278. The first-order chi connectivity index (χ1) is 11.6. The number of hydrogen-bond donors (Lipinski definition) is 2. The third kappa shape index (κ3) is 3.67. The van der Waals surface area contributed by atoms with Crippen molar-refractivity contribution in [2.75, 3.05) is 29.9 Å². The fourth-order valence-electron chi connectivity index (χ4n) is 2.51. The van der Waals surface area contributed by atoms with Crippen LogP contribution in [0.1, 0.15) is 26.2 Å². The molecule has 0 bridgehead atoms. The van der Waals surface area contributed by atoms with Crippen LogP contribution >= 0.6 is 0 Å². The smallest absolute Gasteiger partial charge is 0.265 e. The lowest BCUT2D eigenvalue weighted by Gasteiger charge is -2.29. The van der Waals surface area contributed by atoms with E-state index in [4.69, 9.17) is 4.74 Å². The van der Waals surface area contributed by atoms with E-state index in [0.29, 0.717) is 23.7 Å². The maximum Gasteiger partial charge on any atom is 0.265 e. The van der Waals surface area contributed by atoms with Gasteiger partial charge >= 0.3 is 0 Å². The summed E-state index contributed by atoms with van der Waals surface area (Å²) in [5.41, 5.74) is 1.11. The summed E-state index contributed by atoms with van der Waals surface area (Å²) in [7, 11) is 0. The SMILES string of the molecule is CCCNC(=O)CN1C(=O)COc2ccc(NC(=O)C3CC3)cc21. The Hall–Kier alpha value is -2.57. The Bertz CT molecular complexity index is 670. The number of fused-ring (bicyclic) bond motifs is 1. The monoisotopic (exact) mass is 331 g/mol. The van der Waals surface area contributed by atoms with E-state index < -0.39 is 0 Å². The average molecular weight is 331 g/mol. The molecular weight excluding hydrogens is 310 g/mol. The van der Waals surface area contributed by atoms with E-state index in [1.807, 2.05) is 6.92 Å². The van der Waals surface area contributed by atoms with Crippen molar-refractivity contribution in [3.63, 3.8) is 0 Å². The number of benzene rings is 1. The Kier molecular flexibility index (Phi) is 4.69. The highest BCUT2D eigenvalue weighted by molar-refractivity contribution is 6.03. The van der Waals surface area contributed by atoms with E-state index >= 15 is 0 Å². The van der Waals surface area contributed by atoms with Crippen LogP contribution in [0.4, 0.5) is 11.4 Å². The van der Waals surface area contributed by atoms with Gasteiger partial charge in [0.15, 0.2) is 6.61 Å². The molecule has 1 saturated carbocycles. The van der Waals surface area contributed by atoms with Crippen molar-refractivity contribution in [1.82, 2.24) is 5.32 Å². The van der Waals surface area contributed by atoms with Crippen LogP contribution < -0.4 is 20.3 Å². The van der Waals surface area contributed by atoms with E-state index in [9.17, 15) is 14.4 Å². The van der Waals surface area contributed by atoms with Gasteiger partial charge in [0, 0.05) is 18.2 Å². The summed E-state index contributed by atoms with van der Waals surface area (Å²) in [5.74, 6) is 0.118. The maximum absolute atomic E-state index is 12.2. The molecule has 1 aromatic rings. The van der Waals surface area contributed by atoms with Crippen molar-refractivity contribution >= 4 is 29.1 Å². The molecule has 1 fully saturated rings. The summed E-state index contributed by atoms with van der Waals surface area (Å²) in [6, 6.07) is 5.13. The highest BCUT2D eigenvalue weighted by Gasteiger charge is 2.31. The molecule has 1 heterocycles. The summed E-state index contributed by atoms with van der Waals surface area (Å²) >= 11 is 0. The maximum atomic E-state index is 12.2. The predicted molar refractivity (Wildman–Crippen MR) is 88.9 cm³/mol. The van der Waals surface area contributed by atoms with Crippen LogP contribution in [0, 0.1) is 5.92 Å². The zero-order chi connectivity index (χ0) is 17.1. The number of ether oxygens (including phenoxy) is 1. The molecule has 1 aliphatic heterocycles. The van der Waals surface area contributed by atoms with Crippen LogP contribution in [0.15, 0.2) is 18.2 Å². The molecule has 3 amide bonds. The lowest BCUT2D eigenvalue weighted by atomic mass is 10.2. The first kappa shape index (κ1) is 16.3. The van der Waals surface area contributed by atoms with Gasteiger partial charge in [-0.15, -0.1) is 0 Å². The zero-order valence-corrected chi connectivity index (χ0v) is 13.6. The van der Waals surface area contributed by atoms with Crippen molar-refractivity contribution in [2.45, 2.75) is 26.2 Å². The molecule has 24 heavy (non-hydrogen) atoms. The van der Waals surface area contributed by atoms with Crippen molar-refractivity contribution in [1.29, 1.82) is 0 Å². The quantitative estimate of drug-likeness (QED) is 0.822. The van der Waals surface area contributed by atoms with Crippen molar-refractivity contribution in [2.24, 2.45) is 5.92 Å². The molecule has 0 spiro atoms. The number of carbonyl (C=O) groups is 3. The number of carbonyl (C=O) groups excluding carboxylic acids is 3. The number of rotatable bonds is 6. The number of anilines is 2. The van der Waals surface area contributed by atoms with Crippen molar-refractivity contribution < 1.29 is 19.1 Å². The molecule has 0 unspecified atom stereocenters. The largest absolute Gasteiger partial charge is 0.482 e. The molecule has 2 aliphatic rings. The second-order valence-corrected chi connectivity index (χ2v) is 6.06. The first-order valence-electron chi connectivity index (χ1n) is 8.23. The number of amides is 3. The molecular formula is C17H21N3O4. The van der Waals surface area contributed by atoms with E-state index in [-0.39, 0.29) is 36.8 Å². The summed E-state index contributed by atoms with van der Waals surface area (Å²) in [4.78, 5) is 37.4. The summed E-state index contributed by atoms with van der Waals surface area (Å²) in [6.07, 6.45) is 2.67. The van der Waals surface area contributed by atoms with Gasteiger partial charge in [0.25, 0.3) is 5.91 Å². The third-order valence-electron chi connectivity index (χ3n) is 3.99. The highest BCUT2D eigenvalue weighted by atomic mass is 16.5. The second kappa shape index (κ2) is 6.90. The van der Waals surface area contributed by atoms with Crippen LogP contribution in [0.5, 0.6) is 5.75 Å². The molecule has 1 aromatic carbocycles. The molecule has 7 nitrogen and oxygen atoms in total. The Morgan fingerprint density at radius 1 is 1.33 bits per heavy atom. The van der Waals surface area contributed by atoms with Gasteiger partial charge in [-0.3, -0.25) is 19.3 Å². The molecule has 2 N–H and O–H groups in total. The van der Waals surface area contributed by atoms with Crippen LogP contribution in [-0.2, 0) is 14.4 Å². The second-order valence-electron chi connectivity index (χ2n) is 6.06. The summed E-state index contributed by atoms with van der Waals surface area (Å²) in [5, 5.41) is 5.60. The zero-order valence-electron chi connectivity index (χ0n) is 13.6. The van der Waals surface area contributed by atoms with Gasteiger partial charge < -0.3 is 15.4 Å². The van der Waals surface area contributed by atoms with Gasteiger partial charge in [-0.2, -0.15) is 0 Å². The third-order valence-corrected chi connectivity index (χ3v) is 3.99. The molecule has 1 aliphatic carbocycles. The van der Waals surface area contributed by atoms with Crippen molar-refractivity contribution in [3.05, 3.63) is 18.2 Å². The Labute approximate surface area is 140 Å². The summed E-state index contributed by atoms with van der Waals surface area (Å²) < 4.78 is 5.41. The molecule has 0 aromatic heterocycles. The Morgan fingerprint density at radius 3 is 2.83 bits per heavy atom. The minimum absolute atomic E-state index is 0.00903. The first-order valence-corrected chi connectivity index (χ1v) is 8.23. The lowest BCUT2D eigenvalue weighted by Crippen LogP contribution is -2.45. The van der Waals surface area contributed by atoms with E-state index in [1.165, 1.54) is 4.90 Å². The van der Waals surface area contributed by atoms with E-state index in [2.05, 4.69) is 10.6 Å². The Balaban J connectivity index is 1.77. The summed E-state index contributed by atoms with van der Waals surface area (Å²) in [6.45, 7) is 2.38. The number of hydrogen-bond acceptors (Lipinski definition) is 4. The number of nitrogens with zero attached hydrogens (tertiary/aromatic N) is 1. The van der Waals surface area contributed by atoms with Gasteiger partial charge in [-0.1, -0.05) is 6.92 Å². The minimum Gasteiger partial charge on any atom is -0.482 e. The topological polar surface area (TPSA) is 87.7 Å². The van der Waals surface area contributed by atoms with Gasteiger partial charge in [0.05, 0.1) is 5.69 Å². The van der Waals surface area contributed by atoms with Crippen LogP contribution in [0.2, 0.25) is 0 Å². The Morgan fingerprint density at radius 2 is 2.12 bits per heavy atom. The van der Waals surface area contributed by atoms with Crippen molar-refractivity contribution in [3.8, 4) is 5.75 Å². The predicted octanol–water partition coefficient (Wildman–Crippen LogP) is 1.29. The normalized spacial score (nSPS) is 16.2.